The second-order valence-corrected chi connectivity index (χ2v) is 6.03. The van der Waals surface area contributed by atoms with E-state index in [2.05, 4.69) is 31.2 Å². The monoisotopic (exact) mass is 367 g/mol. The van der Waals surface area contributed by atoms with Crippen LogP contribution in [-0.4, -0.2) is 21.6 Å². The Bertz CT molecular complexity index is 703. The summed E-state index contributed by atoms with van der Waals surface area (Å²) in [4.78, 5) is 30.2. The molecular formula is C14H14BrN3O2S. The van der Waals surface area contributed by atoms with Crippen LogP contribution in [0, 0.1) is 0 Å². The van der Waals surface area contributed by atoms with Crippen LogP contribution in [0.5, 0.6) is 0 Å². The number of benzene rings is 1. The van der Waals surface area contributed by atoms with Crippen LogP contribution in [0.15, 0.2) is 44.8 Å². The van der Waals surface area contributed by atoms with Crippen molar-refractivity contribution in [3.63, 3.8) is 0 Å². The van der Waals surface area contributed by atoms with Crippen molar-refractivity contribution in [3.05, 3.63) is 50.9 Å². The third-order valence-corrected chi connectivity index (χ3v) is 4.19. The van der Waals surface area contributed by atoms with Crippen LogP contribution in [0.2, 0.25) is 0 Å². The van der Waals surface area contributed by atoms with Crippen molar-refractivity contribution in [2.45, 2.75) is 18.5 Å². The number of carbonyl (C=O) groups excluding carboxylic acids is 1. The number of nitrogens with one attached hydrogen (secondary N) is 2. The molecule has 1 amide bonds. The molecule has 0 unspecified atom stereocenters. The molecule has 0 aliphatic carbocycles. The Morgan fingerprint density at radius 1 is 1.43 bits per heavy atom. The van der Waals surface area contributed by atoms with Crippen LogP contribution >= 0.6 is 27.7 Å². The lowest BCUT2D eigenvalue weighted by atomic mass is 10.3. The first-order chi connectivity index (χ1) is 10.1. The van der Waals surface area contributed by atoms with Gasteiger partial charge in [0, 0.05) is 16.2 Å². The predicted molar refractivity (Wildman–Crippen MR) is 87.7 cm³/mol. The predicted octanol–water partition coefficient (Wildman–Crippen LogP) is 2.83. The van der Waals surface area contributed by atoms with E-state index in [-0.39, 0.29) is 17.2 Å². The van der Waals surface area contributed by atoms with Crippen molar-refractivity contribution >= 4 is 39.3 Å². The highest BCUT2D eigenvalue weighted by Crippen LogP contribution is 2.21. The van der Waals surface area contributed by atoms with Crippen molar-refractivity contribution < 1.29 is 4.79 Å². The number of nitrogens with zero attached hydrogens (tertiary/aromatic N) is 1. The fraction of sp³-hybridized carbons (Fsp3) is 0.214. The number of aryl methyl sites for hydroxylation is 1. The van der Waals surface area contributed by atoms with Crippen LogP contribution in [0.1, 0.15) is 12.6 Å². The molecule has 0 radical (unpaired) electrons. The van der Waals surface area contributed by atoms with Gasteiger partial charge in [0.05, 0.1) is 11.4 Å². The molecule has 2 rings (SSSR count). The van der Waals surface area contributed by atoms with Gasteiger partial charge in [0.25, 0.3) is 5.56 Å². The summed E-state index contributed by atoms with van der Waals surface area (Å²) in [7, 11) is 0. The topological polar surface area (TPSA) is 74.8 Å². The number of H-pyrrole nitrogens is 1. The van der Waals surface area contributed by atoms with Gasteiger partial charge in [-0.1, -0.05) is 30.8 Å². The molecule has 21 heavy (non-hydrogen) atoms. The summed E-state index contributed by atoms with van der Waals surface area (Å²) < 4.78 is 0.822. The zero-order valence-corrected chi connectivity index (χ0v) is 13.8. The molecule has 110 valence electrons. The third kappa shape index (κ3) is 4.71. The van der Waals surface area contributed by atoms with Crippen LogP contribution in [0.3, 0.4) is 0 Å². The van der Waals surface area contributed by atoms with Gasteiger partial charge in [-0.25, -0.2) is 4.98 Å². The Labute approximate surface area is 134 Å². The number of para-hydroxylation sites is 1. The number of aromatic nitrogens is 2. The van der Waals surface area contributed by atoms with Crippen LogP contribution in [-0.2, 0) is 11.2 Å². The number of amides is 1. The summed E-state index contributed by atoms with van der Waals surface area (Å²) in [6.45, 7) is 1.93. The molecule has 0 atom stereocenters. The zero-order chi connectivity index (χ0) is 15.2. The molecule has 0 spiro atoms. The number of hydrogen-bond acceptors (Lipinski definition) is 4. The summed E-state index contributed by atoms with van der Waals surface area (Å²) in [6, 6.07) is 8.85. The van der Waals surface area contributed by atoms with Gasteiger partial charge in [0.2, 0.25) is 5.91 Å². The van der Waals surface area contributed by atoms with Gasteiger partial charge in [-0.15, -0.1) is 0 Å². The quantitative estimate of drug-likeness (QED) is 0.629. The van der Waals surface area contributed by atoms with Gasteiger partial charge < -0.3 is 10.3 Å². The molecule has 1 aromatic carbocycles. The average molecular weight is 368 g/mol. The Morgan fingerprint density at radius 3 is 2.90 bits per heavy atom. The molecule has 7 heteroatoms. The highest BCUT2D eigenvalue weighted by molar-refractivity contribution is 9.10. The molecule has 0 saturated carbocycles. The lowest BCUT2D eigenvalue weighted by molar-refractivity contribution is -0.113. The second-order valence-electron chi connectivity index (χ2n) is 4.21. The van der Waals surface area contributed by atoms with E-state index < -0.39 is 0 Å². The fourth-order valence-electron chi connectivity index (χ4n) is 1.62. The van der Waals surface area contributed by atoms with E-state index in [4.69, 9.17) is 0 Å². The molecule has 0 aliphatic heterocycles. The van der Waals surface area contributed by atoms with E-state index in [1.54, 1.807) is 0 Å². The first-order valence-corrected chi connectivity index (χ1v) is 8.13. The zero-order valence-electron chi connectivity index (χ0n) is 11.4. The average Bonchev–Trinajstić information content (AvgIpc) is 2.47. The number of thioether (sulfide) groups is 1. The Hall–Kier alpha value is -1.60. The molecule has 0 fully saturated rings. The van der Waals surface area contributed by atoms with Crippen molar-refractivity contribution in [1.29, 1.82) is 0 Å². The molecule has 1 aromatic heterocycles. The summed E-state index contributed by atoms with van der Waals surface area (Å²) in [5, 5.41) is 3.26. The van der Waals surface area contributed by atoms with Gasteiger partial charge in [0.1, 0.15) is 0 Å². The van der Waals surface area contributed by atoms with Gasteiger partial charge in [0.15, 0.2) is 5.16 Å². The summed E-state index contributed by atoms with van der Waals surface area (Å²) in [5.74, 6) is 0.0220. The van der Waals surface area contributed by atoms with E-state index in [0.29, 0.717) is 23.0 Å². The standard InChI is InChI=1S/C14H14BrN3O2S/c1-2-9-7-12(19)18-14(16-9)21-8-13(20)17-11-6-4-3-5-10(11)15/h3-7H,2,8H2,1H3,(H,17,20)(H,16,18,19). The lowest BCUT2D eigenvalue weighted by Crippen LogP contribution is -2.16. The number of carbonyl (C=O) groups is 1. The maximum Gasteiger partial charge on any atom is 0.251 e. The lowest BCUT2D eigenvalue weighted by Gasteiger charge is -2.07. The highest BCUT2D eigenvalue weighted by atomic mass is 79.9. The number of aromatic amines is 1. The maximum absolute atomic E-state index is 11.9. The molecule has 2 aromatic rings. The molecular weight excluding hydrogens is 354 g/mol. The summed E-state index contributed by atoms with van der Waals surface area (Å²) in [5.41, 5.74) is 1.23. The van der Waals surface area contributed by atoms with Crippen LogP contribution < -0.4 is 10.9 Å². The van der Waals surface area contributed by atoms with E-state index in [9.17, 15) is 9.59 Å². The Kier molecular flexibility index (Phi) is 5.58. The largest absolute Gasteiger partial charge is 0.324 e. The van der Waals surface area contributed by atoms with E-state index in [1.165, 1.54) is 17.8 Å². The molecule has 0 saturated heterocycles. The molecule has 5 nitrogen and oxygen atoms in total. The minimum atomic E-state index is -0.199. The SMILES string of the molecule is CCc1cc(=O)[nH]c(SCC(=O)Nc2ccccc2Br)n1. The smallest absolute Gasteiger partial charge is 0.251 e. The highest BCUT2D eigenvalue weighted by Gasteiger charge is 2.08. The third-order valence-electron chi connectivity index (χ3n) is 2.62. The van der Waals surface area contributed by atoms with Gasteiger partial charge in [-0.3, -0.25) is 9.59 Å². The number of rotatable bonds is 5. The number of halogens is 1. The Balaban J connectivity index is 1.97. The van der Waals surface area contributed by atoms with Crippen molar-refractivity contribution in [1.82, 2.24) is 9.97 Å². The van der Waals surface area contributed by atoms with Crippen molar-refractivity contribution in [3.8, 4) is 0 Å². The summed E-state index contributed by atoms with van der Waals surface area (Å²) >= 11 is 4.57. The first kappa shape index (κ1) is 15.8. The van der Waals surface area contributed by atoms with Crippen LogP contribution in [0.25, 0.3) is 0 Å². The number of anilines is 1. The minimum absolute atomic E-state index is 0.156. The molecule has 0 bridgehead atoms. The molecule has 2 N–H and O–H groups in total. The van der Waals surface area contributed by atoms with Crippen LogP contribution in [0.4, 0.5) is 5.69 Å². The number of hydrogen-bond donors (Lipinski definition) is 2. The van der Waals surface area contributed by atoms with E-state index >= 15 is 0 Å². The van der Waals surface area contributed by atoms with Gasteiger partial charge in [-0.2, -0.15) is 0 Å². The van der Waals surface area contributed by atoms with Gasteiger partial charge in [-0.05, 0) is 34.5 Å². The maximum atomic E-state index is 11.9. The first-order valence-electron chi connectivity index (χ1n) is 6.36. The Morgan fingerprint density at radius 2 is 2.19 bits per heavy atom. The second kappa shape index (κ2) is 7.42. The van der Waals surface area contributed by atoms with E-state index in [1.807, 2.05) is 31.2 Å². The minimum Gasteiger partial charge on any atom is -0.324 e. The van der Waals surface area contributed by atoms with Crippen molar-refractivity contribution in [2.75, 3.05) is 11.1 Å². The fourth-order valence-corrected chi connectivity index (χ4v) is 2.69. The van der Waals surface area contributed by atoms with Crippen molar-refractivity contribution in [2.24, 2.45) is 0 Å². The molecule has 1 heterocycles. The molecule has 0 aliphatic rings. The summed E-state index contributed by atoms with van der Waals surface area (Å²) in [6.07, 6.45) is 0.681. The van der Waals surface area contributed by atoms with E-state index in [0.717, 1.165) is 4.47 Å². The normalized spacial score (nSPS) is 10.4. The van der Waals surface area contributed by atoms with Gasteiger partial charge >= 0.3 is 0 Å².